The van der Waals surface area contributed by atoms with Crippen LogP contribution in [-0.4, -0.2) is 35.5 Å². The van der Waals surface area contributed by atoms with Crippen molar-refractivity contribution in [3.05, 3.63) is 80.8 Å². The van der Waals surface area contributed by atoms with Crippen LogP contribution in [0.25, 0.3) is 0 Å². The Labute approximate surface area is 201 Å². The first kappa shape index (κ1) is 24.5. The van der Waals surface area contributed by atoms with Crippen molar-refractivity contribution in [2.24, 2.45) is 0 Å². The Balaban J connectivity index is 1.69. The lowest BCUT2D eigenvalue weighted by molar-refractivity contribution is -0.140. The third-order valence-corrected chi connectivity index (χ3v) is 6.22. The van der Waals surface area contributed by atoms with Gasteiger partial charge < -0.3 is 19.3 Å². The molecule has 0 spiro atoms. The summed E-state index contributed by atoms with van der Waals surface area (Å²) in [4.78, 5) is 25.1. The Kier molecular flexibility index (Phi) is 6.95. The van der Waals surface area contributed by atoms with Crippen molar-refractivity contribution < 1.29 is 27.8 Å². The Morgan fingerprint density at radius 3 is 2.71 bits per heavy atom. The minimum atomic E-state index is -2.99. The van der Waals surface area contributed by atoms with E-state index in [2.05, 4.69) is 34.8 Å². The third kappa shape index (κ3) is 5.72. The van der Waals surface area contributed by atoms with Crippen LogP contribution < -0.4 is 15.0 Å². The number of rotatable bonds is 8. The fourth-order valence-corrected chi connectivity index (χ4v) is 4.48. The molecular formula is C26H28F2N2O5. The molecule has 0 fully saturated rings. The van der Waals surface area contributed by atoms with Gasteiger partial charge in [-0.1, -0.05) is 24.3 Å². The molecule has 186 valence electrons. The number of aromatic nitrogens is 2. The highest BCUT2D eigenvalue weighted by molar-refractivity contribution is 5.71. The first-order chi connectivity index (χ1) is 16.6. The molecule has 9 heteroatoms. The maximum atomic E-state index is 12.9. The largest absolute Gasteiger partial charge is 0.488 e. The molecule has 2 aromatic carbocycles. The minimum Gasteiger partial charge on any atom is -0.488 e. The molecule has 0 saturated carbocycles. The molecule has 7 nitrogen and oxygen atoms in total. The molecule has 1 aromatic heterocycles. The first-order valence-corrected chi connectivity index (χ1v) is 11.4. The molecule has 1 aliphatic rings. The fourth-order valence-electron chi connectivity index (χ4n) is 4.48. The van der Waals surface area contributed by atoms with E-state index in [1.165, 1.54) is 19.2 Å². The van der Waals surface area contributed by atoms with E-state index in [0.717, 1.165) is 29.7 Å². The van der Waals surface area contributed by atoms with Crippen LogP contribution in [0.5, 0.6) is 11.5 Å². The quantitative estimate of drug-likeness (QED) is 0.451. The molecule has 2 heterocycles. The van der Waals surface area contributed by atoms with E-state index in [1.807, 2.05) is 12.1 Å². The Morgan fingerprint density at radius 1 is 1.17 bits per heavy atom. The van der Waals surface area contributed by atoms with Gasteiger partial charge in [0.2, 0.25) is 0 Å². The van der Waals surface area contributed by atoms with E-state index in [-0.39, 0.29) is 17.8 Å². The summed E-state index contributed by atoms with van der Waals surface area (Å²) in [5.74, 6) is -0.462. The number of ether oxygens (including phenoxy) is 3. The SMILES string of the molecule is COC(=O)C[C@H](c1cccc(OC(F)F)c1)c1c(Cc2ccc3c(c2)CCC(C)(C)O3)[nH][nH]c1=O. The molecule has 35 heavy (non-hydrogen) atoms. The van der Waals surface area contributed by atoms with Crippen LogP contribution in [0.3, 0.4) is 0 Å². The van der Waals surface area contributed by atoms with Crippen molar-refractivity contribution in [2.75, 3.05) is 7.11 Å². The Bertz CT molecular complexity index is 1260. The molecule has 2 N–H and O–H groups in total. The van der Waals surface area contributed by atoms with Gasteiger partial charge in [0.15, 0.2) is 0 Å². The zero-order valence-electron chi connectivity index (χ0n) is 19.8. The van der Waals surface area contributed by atoms with Gasteiger partial charge in [0.1, 0.15) is 17.1 Å². The number of H-pyrrole nitrogens is 2. The number of carbonyl (C=O) groups is 1. The smallest absolute Gasteiger partial charge is 0.387 e. The number of benzene rings is 2. The van der Waals surface area contributed by atoms with Crippen LogP contribution in [0.1, 0.15) is 60.6 Å². The second-order valence-corrected chi connectivity index (χ2v) is 9.24. The molecule has 0 radical (unpaired) electrons. The van der Waals surface area contributed by atoms with Gasteiger partial charge in [0, 0.05) is 23.6 Å². The minimum absolute atomic E-state index is 0.0570. The average Bonchev–Trinajstić information content (AvgIpc) is 3.16. The molecule has 1 atom stereocenters. The highest BCUT2D eigenvalue weighted by atomic mass is 19.3. The summed E-state index contributed by atoms with van der Waals surface area (Å²) >= 11 is 0. The van der Waals surface area contributed by atoms with E-state index in [9.17, 15) is 18.4 Å². The van der Waals surface area contributed by atoms with Crippen molar-refractivity contribution in [3.63, 3.8) is 0 Å². The summed E-state index contributed by atoms with van der Waals surface area (Å²) in [5, 5.41) is 5.54. The number of aryl methyl sites for hydroxylation is 1. The van der Waals surface area contributed by atoms with Gasteiger partial charge in [-0.05, 0) is 61.6 Å². The predicted molar refractivity (Wildman–Crippen MR) is 125 cm³/mol. The van der Waals surface area contributed by atoms with Gasteiger partial charge in [0.05, 0.1) is 13.5 Å². The topological polar surface area (TPSA) is 93.4 Å². The van der Waals surface area contributed by atoms with Gasteiger partial charge >= 0.3 is 12.6 Å². The number of esters is 1. The highest BCUT2D eigenvalue weighted by Crippen LogP contribution is 2.35. The number of methoxy groups -OCH3 is 1. The van der Waals surface area contributed by atoms with Crippen LogP contribution in [0.4, 0.5) is 8.78 Å². The molecular weight excluding hydrogens is 458 g/mol. The lowest BCUT2D eigenvalue weighted by Crippen LogP contribution is -2.32. The number of hydrogen-bond acceptors (Lipinski definition) is 5. The fraction of sp³-hybridized carbons (Fsp3) is 0.385. The number of fused-ring (bicyclic) bond motifs is 1. The zero-order chi connectivity index (χ0) is 25.2. The van der Waals surface area contributed by atoms with Crippen LogP contribution in [0, 0.1) is 0 Å². The van der Waals surface area contributed by atoms with Crippen molar-refractivity contribution in [1.82, 2.24) is 10.2 Å². The Hall–Kier alpha value is -3.62. The second kappa shape index (κ2) is 9.93. The van der Waals surface area contributed by atoms with E-state index in [0.29, 0.717) is 23.2 Å². The average molecular weight is 487 g/mol. The second-order valence-electron chi connectivity index (χ2n) is 9.24. The standard InChI is InChI=1S/C26H28F2N2O5/c1-26(2)10-9-17-11-15(7-8-21(17)35-26)12-20-23(24(32)30-29-20)19(14-22(31)33-3)16-5-4-6-18(13-16)34-25(27)28/h4-8,11,13,19,25H,9-10,12,14H2,1-3H3,(H2,29,30,32)/t19-/m1/s1. The first-order valence-electron chi connectivity index (χ1n) is 11.4. The number of nitrogens with one attached hydrogen (secondary N) is 2. The van der Waals surface area contributed by atoms with Crippen LogP contribution in [-0.2, 0) is 22.4 Å². The van der Waals surface area contributed by atoms with E-state index < -0.39 is 24.1 Å². The molecule has 0 unspecified atom stereocenters. The molecule has 4 rings (SSSR count). The van der Waals surface area contributed by atoms with Crippen LogP contribution >= 0.6 is 0 Å². The number of alkyl halides is 2. The number of halogens is 2. The summed E-state index contributed by atoms with van der Waals surface area (Å²) in [6, 6.07) is 12.0. The lowest BCUT2D eigenvalue weighted by atomic mass is 9.86. The van der Waals surface area contributed by atoms with E-state index in [4.69, 9.17) is 9.47 Å². The molecule has 0 bridgehead atoms. The molecule has 0 aliphatic carbocycles. The maximum Gasteiger partial charge on any atom is 0.387 e. The van der Waals surface area contributed by atoms with Gasteiger partial charge in [-0.25, -0.2) is 0 Å². The summed E-state index contributed by atoms with van der Waals surface area (Å²) in [5.41, 5.74) is 2.90. The third-order valence-electron chi connectivity index (χ3n) is 6.22. The molecule has 1 aliphatic heterocycles. The number of aromatic amines is 2. The normalized spacial score (nSPS) is 15.3. The summed E-state index contributed by atoms with van der Waals surface area (Å²) in [7, 11) is 1.26. The molecule has 0 amide bonds. The monoisotopic (exact) mass is 486 g/mol. The summed E-state index contributed by atoms with van der Waals surface area (Å²) in [6.07, 6.45) is 2.04. The maximum absolute atomic E-state index is 12.9. The van der Waals surface area contributed by atoms with Gasteiger partial charge in [-0.2, -0.15) is 8.78 Å². The van der Waals surface area contributed by atoms with Crippen molar-refractivity contribution in [3.8, 4) is 11.5 Å². The highest BCUT2D eigenvalue weighted by Gasteiger charge is 2.28. The summed E-state index contributed by atoms with van der Waals surface area (Å²) < 4.78 is 40.9. The zero-order valence-corrected chi connectivity index (χ0v) is 19.8. The van der Waals surface area contributed by atoms with Gasteiger partial charge in [-0.15, -0.1) is 0 Å². The van der Waals surface area contributed by atoms with Crippen molar-refractivity contribution in [2.45, 2.75) is 57.7 Å². The number of carbonyl (C=O) groups excluding carboxylic acids is 1. The van der Waals surface area contributed by atoms with E-state index >= 15 is 0 Å². The molecule has 3 aromatic rings. The van der Waals surface area contributed by atoms with Crippen molar-refractivity contribution in [1.29, 1.82) is 0 Å². The van der Waals surface area contributed by atoms with Gasteiger partial charge in [0.25, 0.3) is 5.56 Å². The van der Waals surface area contributed by atoms with Crippen molar-refractivity contribution >= 4 is 5.97 Å². The molecule has 0 saturated heterocycles. The number of hydrogen-bond donors (Lipinski definition) is 2. The van der Waals surface area contributed by atoms with Crippen LogP contribution in [0.2, 0.25) is 0 Å². The predicted octanol–water partition coefficient (Wildman–Crippen LogP) is 4.69. The van der Waals surface area contributed by atoms with E-state index in [1.54, 1.807) is 12.1 Å². The Morgan fingerprint density at radius 2 is 1.97 bits per heavy atom. The lowest BCUT2D eigenvalue weighted by Gasteiger charge is -2.32. The van der Waals surface area contributed by atoms with Gasteiger partial charge in [-0.3, -0.25) is 14.7 Å². The summed E-state index contributed by atoms with van der Waals surface area (Å²) in [6.45, 7) is 1.13. The van der Waals surface area contributed by atoms with Crippen LogP contribution in [0.15, 0.2) is 47.3 Å².